The zero-order valence-corrected chi connectivity index (χ0v) is 12.2. The summed E-state index contributed by atoms with van der Waals surface area (Å²) in [5, 5.41) is 10.0. The third-order valence-corrected chi connectivity index (χ3v) is 3.95. The highest BCUT2D eigenvalue weighted by atomic mass is 16.6. The van der Waals surface area contributed by atoms with E-state index in [0.717, 1.165) is 18.4 Å². The molecule has 114 valence electrons. The molecule has 0 radical (unpaired) electrons. The molecule has 1 aliphatic rings. The van der Waals surface area contributed by atoms with E-state index in [1.807, 2.05) is 30.3 Å². The van der Waals surface area contributed by atoms with Gasteiger partial charge in [-0.2, -0.15) is 0 Å². The molecule has 1 N–H and O–H groups in total. The lowest BCUT2D eigenvalue weighted by Crippen LogP contribution is -2.49. The van der Waals surface area contributed by atoms with Gasteiger partial charge in [0.25, 0.3) is 0 Å². The molecule has 1 amide bonds. The minimum Gasteiger partial charge on any atom is -0.445 e. The largest absolute Gasteiger partial charge is 0.445 e. The SMILES string of the molecule is C[C@@](O)(C=O)C1CCCN(C(=O)OCc2ccccc2)C1. The molecule has 0 spiro atoms. The Morgan fingerprint density at radius 1 is 1.48 bits per heavy atom. The number of rotatable bonds is 4. The number of amides is 1. The van der Waals surface area contributed by atoms with E-state index in [9.17, 15) is 14.7 Å². The third-order valence-electron chi connectivity index (χ3n) is 3.95. The second kappa shape index (κ2) is 6.72. The Morgan fingerprint density at radius 3 is 2.86 bits per heavy atom. The minimum absolute atomic E-state index is 0.227. The molecule has 1 aliphatic heterocycles. The first-order valence-corrected chi connectivity index (χ1v) is 7.17. The Hall–Kier alpha value is -1.88. The predicted octanol–water partition coefficient (Wildman–Crippen LogP) is 1.99. The fourth-order valence-electron chi connectivity index (χ4n) is 2.53. The predicted molar refractivity (Wildman–Crippen MR) is 77.6 cm³/mol. The van der Waals surface area contributed by atoms with Crippen LogP contribution in [-0.2, 0) is 16.1 Å². The van der Waals surface area contributed by atoms with Crippen molar-refractivity contribution in [1.82, 2.24) is 4.90 Å². The molecule has 1 aromatic rings. The molecule has 1 saturated heterocycles. The molecule has 1 aromatic carbocycles. The van der Waals surface area contributed by atoms with Crippen molar-refractivity contribution in [3.8, 4) is 0 Å². The van der Waals surface area contributed by atoms with Crippen molar-refractivity contribution in [3.05, 3.63) is 35.9 Å². The molecule has 5 heteroatoms. The van der Waals surface area contributed by atoms with Crippen LogP contribution in [0.3, 0.4) is 0 Å². The number of carbonyl (C=O) groups is 2. The number of hydrogen-bond donors (Lipinski definition) is 1. The summed E-state index contributed by atoms with van der Waals surface area (Å²) in [4.78, 5) is 24.6. The van der Waals surface area contributed by atoms with E-state index in [2.05, 4.69) is 0 Å². The van der Waals surface area contributed by atoms with Crippen LogP contribution in [0, 0.1) is 5.92 Å². The van der Waals surface area contributed by atoms with Crippen LogP contribution >= 0.6 is 0 Å². The highest BCUT2D eigenvalue weighted by Gasteiger charge is 2.36. The van der Waals surface area contributed by atoms with E-state index in [1.165, 1.54) is 6.92 Å². The molecule has 0 saturated carbocycles. The maximum atomic E-state index is 12.1. The van der Waals surface area contributed by atoms with Gasteiger partial charge in [-0.15, -0.1) is 0 Å². The summed E-state index contributed by atoms with van der Waals surface area (Å²) < 4.78 is 5.28. The normalized spacial score (nSPS) is 21.4. The van der Waals surface area contributed by atoms with E-state index in [1.54, 1.807) is 4.90 Å². The Kier molecular flexibility index (Phi) is 4.96. The van der Waals surface area contributed by atoms with Gasteiger partial charge in [-0.05, 0) is 25.3 Å². The van der Waals surface area contributed by atoms with Gasteiger partial charge in [0.2, 0.25) is 0 Å². The molecule has 0 bridgehead atoms. The number of piperidine rings is 1. The Morgan fingerprint density at radius 2 is 2.19 bits per heavy atom. The van der Waals surface area contributed by atoms with E-state index < -0.39 is 11.7 Å². The van der Waals surface area contributed by atoms with Gasteiger partial charge in [0.05, 0.1) is 0 Å². The van der Waals surface area contributed by atoms with Crippen LogP contribution < -0.4 is 0 Å². The quantitative estimate of drug-likeness (QED) is 0.861. The Balaban J connectivity index is 1.89. The minimum atomic E-state index is -1.39. The summed E-state index contributed by atoms with van der Waals surface area (Å²) in [7, 11) is 0. The summed E-state index contributed by atoms with van der Waals surface area (Å²) >= 11 is 0. The van der Waals surface area contributed by atoms with E-state index in [-0.39, 0.29) is 12.5 Å². The van der Waals surface area contributed by atoms with Crippen LogP contribution in [0.5, 0.6) is 0 Å². The van der Waals surface area contributed by atoms with Crippen molar-refractivity contribution in [3.63, 3.8) is 0 Å². The molecule has 2 rings (SSSR count). The number of aliphatic hydroxyl groups is 1. The second-order valence-corrected chi connectivity index (χ2v) is 5.67. The fraction of sp³-hybridized carbons (Fsp3) is 0.500. The lowest BCUT2D eigenvalue weighted by Gasteiger charge is -2.37. The highest BCUT2D eigenvalue weighted by molar-refractivity contribution is 5.68. The van der Waals surface area contributed by atoms with Crippen molar-refractivity contribution in [2.75, 3.05) is 13.1 Å². The molecular formula is C16H21NO4. The average molecular weight is 291 g/mol. The van der Waals surface area contributed by atoms with Gasteiger partial charge in [-0.25, -0.2) is 4.79 Å². The second-order valence-electron chi connectivity index (χ2n) is 5.67. The zero-order chi connectivity index (χ0) is 15.3. The van der Waals surface area contributed by atoms with Crippen molar-refractivity contribution >= 4 is 12.4 Å². The van der Waals surface area contributed by atoms with Crippen molar-refractivity contribution < 1.29 is 19.4 Å². The van der Waals surface area contributed by atoms with Crippen molar-refractivity contribution in [2.45, 2.75) is 32.0 Å². The van der Waals surface area contributed by atoms with Gasteiger partial charge in [0.15, 0.2) is 6.29 Å². The molecule has 2 atom stereocenters. The zero-order valence-electron chi connectivity index (χ0n) is 12.2. The van der Waals surface area contributed by atoms with Crippen LogP contribution in [0.15, 0.2) is 30.3 Å². The molecule has 1 unspecified atom stereocenters. The molecule has 1 heterocycles. The summed E-state index contributed by atoms with van der Waals surface area (Å²) in [6.07, 6.45) is 1.64. The molecule has 0 aromatic heterocycles. The smallest absolute Gasteiger partial charge is 0.410 e. The summed E-state index contributed by atoms with van der Waals surface area (Å²) in [6.45, 7) is 2.66. The summed E-state index contributed by atoms with van der Waals surface area (Å²) in [6, 6.07) is 9.47. The van der Waals surface area contributed by atoms with E-state index in [4.69, 9.17) is 4.74 Å². The Labute approximate surface area is 124 Å². The number of hydrogen-bond acceptors (Lipinski definition) is 4. The number of ether oxygens (including phenoxy) is 1. The van der Waals surface area contributed by atoms with Gasteiger partial charge in [-0.3, -0.25) is 0 Å². The van der Waals surface area contributed by atoms with Crippen LogP contribution in [0.1, 0.15) is 25.3 Å². The summed E-state index contributed by atoms with van der Waals surface area (Å²) in [5.74, 6) is -0.243. The molecule has 1 fully saturated rings. The molecule has 5 nitrogen and oxygen atoms in total. The maximum Gasteiger partial charge on any atom is 0.410 e. The molecular weight excluding hydrogens is 270 g/mol. The number of nitrogens with zero attached hydrogens (tertiary/aromatic N) is 1. The molecule has 21 heavy (non-hydrogen) atoms. The third kappa shape index (κ3) is 4.04. The van der Waals surface area contributed by atoms with Crippen LogP contribution in [0.2, 0.25) is 0 Å². The number of likely N-dealkylation sites (tertiary alicyclic amines) is 1. The highest BCUT2D eigenvalue weighted by Crippen LogP contribution is 2.26. The maximum absolute atomic E-state index is 12.1. The van der Waals surface area contributed by atoms with Crippen molar-refractivity contribution in [2.24, 2.45) is 5.92 Å². The van der Waals surface area contributed by atoms with Crippen molar-refractivity contribution in [1.29, 1.82) is 0 Å². The fourth-order valence-corrected chi connectivity index (χ4v) is 2.53. The van der Waals surface area contributed by atoms with Crippen LogP contribution in [0.25, 0.3) is 0 Å². The Bertz CT molecular complexity index is 486. The first kappa shape index (κ1) is 15.5. The number of benzene rings is 1. The summed E-state index contributed by atoms with van der Waals surface area (Å²) in [5.41, 5.74) is -0.461. The molecule has 0 aliphatic carbocycles. The standard InChI is InChI=1S/C16H21NO4/c1-16(20,12-18)14-8-5-9-17(10-14)15(19)21-11-13-6-3-2-4-7-13/h2-4,6-7,12,14,20H,5,8-11H2,1H3/t14?,16-/m1/s1. The lowest BCUT2D eigenvalue weighted by molar-refractivity contribution is -0.129. The monoisotopic (exact) mass is 291 g/mol. The first-order valence-electron chi connectivity index (χ1n) is 7.17. The van der Waals surface area contributed by atoms with Gasteiger partial charge >= 0.3 is 6.09 Å². The van der Waals surface area contributed by atoms with Gasteiger partial charge in [0, 0.05) is 19.0 Å². The van der Waals surface area contributed by atoms with Crippen LogP contribution in [0.4, 0.5) is 4.79 Å². The lowest BCUT2D eigenvalue weighted by atomic mass is 9.84. The number of carbonyl (C=O) groups excluding carboxylic acids is 2. The van der Waals surface area contributed by atoms with E-state index >= 15 is 0 Å². The van der Waals surface area contributed by atoms with Gasteiger partial charge < -0.3 is 19.5 Å². The first-order chi connectivity index (χ1) is 10.0. The van der Waals surface area contributed by atoms with Crippen LogP contribution in [-0.4, -0.2) is 41.1 Å². The topological polar surface area (TPSA) is 66.8 Å². The average Bonchev–Trinajstić information content (AvgIpc) is 2.53. The number of aldehydes is 1. The van der Waals surface area contributed by atoms with Gasteiger partial charge in [0.1, 0.15) is 12.2 Å². The van der Waals surface area contributed by atoms with Gasteiger partial charge in [-0.1, -0.05) is 30.3 Å². The van der Waals surface area contributed by atoms with E-state index in [0.29, 0.717) is 19.4 Å².